The van der Waals surface area contributed by atoms with E-state index >= 15 is 0 Å². The Morgan fingerprint density at radius 2 is 1.59 bits per heavy atom. The van der Waals surface area contributed by atoms with Gasteiger partial charge in [0, 0.05) is 6.04 Å². The zero-order valence-corrected chi connectivity index (χ0v) is 22.8. The van der Waals surface area contributed by atoms with Crippen LogP contribution >= 0.6 is 0 Å². The third-order valence-electron chi connectivity index (χ3n) is 14.0. The summed E-state index contributed by atoms with van der Waals surface area (Å²) in [5, 5.41) is 21.2. The molecule has 0 aromatic carbocycles. The second-order valence-corrected chi connectivity index (χ2v) is 15.3. The van der Waals surface area contributed by atoms with Crippen LogP contribution in [0.4, 0.5) is 0 Å². The maximum atomic E-state index is 10.8. The average molecular weight is 474 g/mol. The summed E-state index contributed by atoms with van der Waals surface area (Å²) in [6.07, 6.45) is 8.96. The molecule has 6 fully saturated rings. The second kappa shape index (κ2) is 7.03. The minimum absolute atomic E-state index is 0.0199. The van der Waals surface area contributed by atoms with Crippen LogP contribution in [0.5, 0.6) is 0 Å². The van der Waals surface area contributed by atoms with E-state index in [0.29, 0.717) is 28.1 Å². The molecule has 1 saturated heterocycles. The summed E-state index contributed by atoms with van der Waals surface area (Å²) in [6, 6.07) is 0.0471. The number of hydrogen-bond donors (Lipinski definition) is 3. The van der Waals surface area contributed by atoms with Crippen molar-refractivity contribution in [3.05, 3.63) is 0 Å². The Labute approximate surface area is 207 Å². The van der Waals surface area contributed by atoms with Crippen LogP contribution in [-0.4, -0.2) is 40.2 Å². The molecule has 0 aromatic rings. The van der Waals surface area contributed by atoms with Crippen LogP contribution in [0.3, 0.4) is 0 Å². The van der Waals surface area contributed by atoms with Gasteiger partial charge in [0.05, 0.1) is 17.8 Å². The molecule has 194 valence electrons. The Hall–Kier alpha value is -0.160. The molecule has 0 bridgehead atoms. The van der Waals surface area contributed by atoms with E-state index < -0.39 is 11.7 Å². The van der Waals surface area contributed by atoms with Crippen LogP contribution in [0, 0.1) is 57.2 Å². The maximum Gasteiger partial charge on any atom is 0.108 e. The Balaban J connectivity index is 1.32. The Morgan fingerprint density at radius 3 is 2.26 bits per heavy atom. The molecule has 4 heteroatoms. The lowest BCUT2D eigenvalue weighted by atomic mass is 9.45. The molecule has 6 unspecified atom stereocenters. The SMILES string of the molecule is C[C@@H]1C23CC[C@H](C)C(C)(C)C2CC[C@H]2C4C(N)C5O[C@@H]([C@H](O)C(C)(C)O)CCC5[C@@]4(C)CC[C@]123. The van der Waals surface area contributed by atoms with Crippen molar-refractivity contribution in [3.8, 4) is 0 Å². The van der Waals surface area contributed by atoms with Gasteiger partial charge in [-0.05, 0) is 122 Å². The maximum absolute atomic E-state index is 10.8. The highest BCUT2D eigenvalue weighted by molar-refractivity contribution is 5.33. The quantitative estimate of drug-likeness (QED) is 0.519. The monoisotopic (exact) mass is 473 g/mol. The van der Waals surface area contributed by atoms with Gasteiger partial charge >= 0.3 is 0 Å². The predicted octanol–water partition coefficient (Wildman–Crippen LogP) is 5.14. The topological polar surface area (TPSA) is 75.7 Å². The average Bonchev–Trinajstić information content (AvgIpc) is 3.21. The fraction of sp³-hybridized carbons (Fsp3) is 1.00. The summed E-state index contributed by atoms with van der Waals surface area (Å²) >= 11 is 0. The molecule has 1 aliphatic heterocycles. The van der Waals surface area contributed by atoms with Crippen molar-refractivity contribution in [1.29, 1.82) is 0 Å². The van der Waals surface area contributed by atoms with E-state index in [1.165, 1.54) is 38.5 Å². The minimum atomic E-state index is -1.15. The zero-order valence-electron chi connectivity index (χ0n) is 22.8. The third kappa shape index (κ3) is 2.60. The molecule has 13 atom stereocenters. The molecule has 2 spiro atoms. The molecule has 34 heavy (non-hydrogen) atoms. The lowest BCUT2D eigenvalue weighted by Gasteiger charge is -2.60. The van der Waals surface area contributed by atoms with E-state index in [1.807, 2.05) is 0 Å². The van der Waals surface area contributed by atoms with Gasteiger partial charge in [-0.3, -0.25) is 0 Å². The molecule has 5 saturated carbocycles. The van der Waals surface area contributed by atoms with Gasteiger partial charge in [-0.25, -0.2) is 0 Å². The first kappa shape index (κ1) is 24.2. The van der Waals surface area contributed by atoms with Gasteiger partial charge in [0.15, 0.2) is 0 Å². The highest BCUT2D eigenvalue weighted by Gasteiger charge is 2.85. The van der Waals surface area contributed by atoms with Gasteiger partial charge in [-0.1, -0.05) is 34.6 Å². The van der Waals surface area contributed by atoms with Crippen molar-refractivity contribution < 1.29 is 14.9 Å². The first-order chi connectivity index (χ1) is 15.7. The third-order valence-corrected chi connectivity index (χ3v) is 14.0. The normalized spacial score (nSPS) is 58.6. The van der Waals surface area contributed by atoms with E-state index in [0.717, 1.165) is 36.5 Å². The van der Waals surface area contributed by atoms with Gasteiger partial charge in [0.25, 0.3) is 0 Å². The molecule has 6 aliphatic rings. The number of nitrogens with two attached hydrogens (primary N) is 1. The summed E-state index contributed by atoms with van der Waals surface area (Å²) in [5.41, 5.74) is 7.78. The van der Waals surface area contributed by atoms with E-state index in [4.69, 9.17) is 10.5 Å². The van der Waals surface area contributed by atoms with Crippen molar-refractivity contribution in [2.45, 2.75) is 130 Å². The largest absolute Gasteiger partial charge is 0.388 e. The number of hydrogen-bond acceptors (Lipinski definition) is 4. The molecular formula is C30H51NO3. The first-order valence-corrected chi connectivity index (χ1v) is 14.6. The Morgan fingerprint density at radius 1 is 0.912 bits per heavy atom. The summed E-state index contributed by atoms with van der Waals surface area (Å²) in [7, 11) is 0. The van der Waals surface area contributed by atoms with Gasteiger partial charge in [-0.15, -0.1) is 0 Å². The molecule has 0 aromatic heterocycles. The number of ether oxygens (including phenoxy) is 1. The van der Waals surface area contributed by atoms with E-state index in [-0.39, 0.29) is 23.7 Å². The lowest BCUT2D eigenvalue weighted by Crippen LogP contribution is -2.55. The molecule has 0 amide bonds. The molecule has 6 rings (SSSR count). The Kier molecular flexibility index (Phi) is 5.00. The second-order valence-electron chi connectivity index (χ2n) is 15.3. The van der Waals surface area contributed by atoms with E-state index in [9.17, 15) is 10.2 Å². The first-order valence-electron chi connectivity index (χ1n) is 14.6. The van der Waals surface area contributed by atoms with Crippen LogP contribution in [0.25, 0.3) is 0 Å². The minimum Gasteiger partial charge on any atom is -0.388 e. The molecule has 5 aliphatic carbocycles. The Bertz CT molecular complexity index is 850. The van der Waals surface area contributed by atoms with E-state index in [1.54, 1.807) is 13.8 Å². The number of fused-ring (bicyclic) bond motifs is 4. The highest BCUT2D eigenvalue weighted by Crippen LogP contribution is 2.89. The van der Waals surface area contributed by atoms with Crippen molar-refractivity contribution in [2.24, 2.45) is 62.9 Å². The van der Waals surface area contributed by atoms with E-state index in [2.05, 4.69) is 34.6 Å². The molecular weight excluding hydrogens is 422 g/mol. The van der Waals surface area contributed by atoms with Crippen molar-refractivity contribution in [3.63, 3.8) is 0 Å². The van der Waals surface area contributed by atoms with Crippen LogP contribution < -0.4 is 5.73 Å². The summed E-state index contributed by atoms with van der Waals surface area (Å²) < 4.78 is 6.64. The zero-order chi connectivity index (χ0) is 24.6. The van der Waals surface area contributed by atoms with Gasteiger partial charge in [0.1, 0.15) is 6.10 Å². The molecule has 0 radical (unpaired) electrons. The molecule has 4 nitrogen and oxygen atoms in total. The number of rotatable bonds is 2. The van der Waals surface area contributed by atoms with Crippen molar-refractivity contribution in [2.75, 3.05) is 0 Å². The van der Waals surface area contributed by atoms with Crippen LogP contribution in [0.15, 0.2) is 0 Å². The van der Waals surface area contributed by atoms with Gasteiger partial charge in [-0.2, -0.15) is 0 Å². The van der Waals surface area contributed by atoms with Crippen LogP contribution in [0.1, 0.15) is 99.8 Å². The fourth-order valence-corrected chi connectivity index (χ4v) is 12.1. The predicted molar refractivity (Wildman–Crippen MR) is 135 cm³/mol. The smallest absolute Gasteiger partial charge is 0.108 e. The molecule has 4 N–H and O–H groups in total. The lowest BCUT2D eigenvalue weighted by molar-refractivity contribution is -0.178. The van der Waals surface area contributed by atoms with Crippen molar-refractivity contribution in [1.82, 2.24) is 0 Å². The van der Waals surface area contributed by atoms with Gasteiger partial charge in [0.2, 0.25) is 0 Å². The fourth-order valence-electron chi connectivity index (χ4n) is 12.1. The molecule has 1 heterocycles. The summed E-state index contributed by atoms with van der Waals surface area (Å²) in [4.78, 5) is 0. The number of aliphatic hydroxyl groups is 2. The van der Waals surface area contributed by atoms with Crippen LogP contribution in [-0.2, 0) is 4.74 Å². The standard InChI is InChI=1S/C30H51NO3/c1-16-12-13-30-17(2)29(30)15-14-28(7)19-8-10-20(25(32)27(5,6)33)34-24(19)23(31)22(28)18(29)9-11-21(30)26(16,3)4/h16-25,32-33H,8-15,31H2,1-7H3/t16-,17-,18-,19?,20+,21?,22?,23?,24?,25-,28+,29-,30?/m0/s1. The van der Waals surface area contributed by atoms with Crippen LogP contribution in [0.2, 0.25) is 0 Å². The highest BCUT2D eigenvalue weighted by atomic mass is 16.5. The van der Waals surface area contributed by atoms with Gasteiger partial charge < -0.3 is 20.7 Å². The van der Waals surface area contributed by atoms with Crippen molar-refractivity contribution >= 4 is 0 Å². The summed E-state index contributed by atoms with van der Waals surface area (Å²) in [6.45, 7) is 16.2. The number of aliphatic hydroxyl groups excluding tert-OH is 1. The summed E-state index contributed by atoms with van der Waals surface area (Å²) in [5.74, 6) is 4.25.